The van der Waals surface area contributed by atoms with Gasteiger partial charge < -0.3 is 19.5 Å². The van der Waals surface area contributed by atoms with Crippen LogP contribution in [0, 0.1) is 11.3 Å². The van der Waals surface area contributed by atoms with Gasteiger partial charge in [-0.25, -0.2) is 4.79 Å². The first-order valence-corrected chi connectivity index (χ1v) is 7.94. The number of methoxy groups -OCH3 is 2. The summed E-state index contributed by atoms with van der Waals surface area (Å²) in [6.07, 6.45) is 2.69. The zero-order valence-corrected chi connectivity index (χ0v) is 14.9. The lowest BCUT2D eigenvalue weighted by Crippen LogP contribution is -2.20. The molecule has 0 aliphatic rings. The van der Waals surface area contributed by atoms with Crippen LogP contribution in [-0.4, -0.2) is 32.7 Å². The number of amides is 1. The number of rotatable bonds is 7. The molecule has 2 aromatic carbocycles. The van der Waals surface area contributed by atoms with Gasteiger partial charge in [-0.1, -0.05) is 24.3 Å². The van der Waals surface area contributed by atoms with Crippen molar-refractivity contribution >= 4 is 23.6 Å². The molecule has 0 aromatic heterocycles. The monoisotopic (exact) mass is 366 g/mol. The van der Waals surface area contributed by atoms with Gasteiger partial charge in [0.1, 0.15) is 6.07 Å². The molecular weight excluding hydrogens is 348 g/mol. The lowest BCUT2D eigenvalue weighted by atomic mass is 10.1. The molecule has 138 valence electrons. The van der Waals surface area contributed by atoms with Crippen molar-refractivity contribution in [2.45, 2.75) is 0 Å². The Labute approximate surface area is 156 Å². The fourth-order valence-electron chi connectivity index (χ4n) is 2.26. The van der Waals surface area contributed by atoms with E-state index < -0.39 is 18.5 Å². The predicted octanol–water partition coefficient (Wildman–Crippen LogP) is 2.77. The average molecular weight is 366 g/mol. The number of carbonyl (C=O) groups is 2. The van der Waals surface area contributed by atoms with Crippen molar-refractivity contribution < 1.29 is 23.8 Å². The molecule has 7 nitrogen and oxygen atoms in total. The third kappa shape index (κ3) is 5.34. The van der Waals surface area contributed by atoms with Crippen LogP contribution in [0.25, 0.3) is 6.08 Å². The summed E-state index contributed by atoms with van der Waals surface area (Å²) in [4.78, 5) is 23.7. The van der Waals surface area contributed by atoms with Crippen LogP contribution in [0.15, 0.2) is 48.5 Å². The normalized spacial score (nSPS) is 10.1. The van der Waals surface area contributed by atoms with Crippen LogP contribution >= 0.6 is 0 Å². The number of nitrogens with one attached hydrogen (secondary N) is 1. The number of nitriles is 1. The Hall–Kier alpha value is -3.79. The molecular formula is C20H18N2O5. The Kier molecular flexibility index (Phi) is 6.97. The third-order valence-corrected chi connectivity index (χ3v) is 3.50. The van der Waals surface area contributed by atoms with Gasteiger partial charge in [0.05, 0.1) is 25.5 Å². The highest BCUT2D eigenvalue weighted by molar-refractivity contribution is 5.95. The molecule has 0 fully saturated rings. The van der Waals surface area contributed by atoms with Gasteiger partial charge in [-0.3, -0.25) is 4.79 Å². The molecule has 0 unspecified atom stereocenters. The Bertz CT molecular complexity index is 899. The second-order valence-corrected chi connectivity index (χ2v) is 5.23. The first-order chi connectivity index (χ1) is 13.1. The van der Waals surface area contributed by atoms with Gasteiger partial charge in [0.15, 0.2) is 18.1 Å². The SMILES string of the molecule is COc1cccc(/C=C/C(=O)OCC(=O)Nc2ccccc2C#N)c1OC. The summed E-state index contributed by atoms with van der Waals surface area (Å²) < 4.78 is 15.4. The Balaban J connectivity index is 1.94. The lowest BCUT2D eigenvalue weighted by Gasteiger charge is -2.09. The fraction of sp³-hybridized carbons (Fsp3) is 0.150. The molecule has 0 bridgehead atoms. The molecule has 0 aliphatic heterocycles. The second kappa shape index (κ2) is 9.63. The van der Waals surface area contributed by atoms with Gasteiger partial charge in [-0.2, -0.15) is 5.26 Å². The number of carbonyl (C=O) groups excluding carboxylic acids is 2. The highest BCUT2D eigenvalue weighted by Gasteiger charge is 2.10. The van der Waals surface area contributed by atoms with E-state index in [0.29, 0.717) is 28.3 Å². The number of anilines is 1. The predicted molar refractivity (Wildman–Crippen MR) is 99.3 cm³/mol. The number of hydrogen-bond acceptors (Lipinski definition) is 6. The van der Waals surface area contributed by atoms with Crippen molar-refractivity contribution in [3.05, 3.63) is 59.7 Å². The maximum absolute atomic E-state index is 11.9. The second-order valence-electron chi connectivity index (χ2n) is 5.23. The van der Waals surface area contributed by atoms with Crippen LogP contribution < -0.4 is 14.8 Å². The van der Waals surface area contributed by atoms with Crippen LogP contribution in [-0.2, 0) is 14.3 Å². The lowest BCUT2D eigenvalue weighted by molar-refractivity contribution is -0.142. The van der Waals surface area contributed by atoms with Gasteiger partial charge in [0, 0.05) is 11.6 Å². The minimum atomic E-state index is -0.691. The summed E-state index contributed by atoms with van der Waals surface area (Å²) >= 11 is 0. The van der Waals surface area contributed by atoms with Crippen LogP contribution in [0.4, 0.5) is 5.69 Å². The van der Waals surface area contributed by atoms with Crippen LogP contribution in [0.5, 0.6) is 11.5 Å². The van der Waals surface area contributed by atoms with E-state index >= 15 is 0 Å². The molecule has 0 atom stereocenters. The highest BCUT2D eigenvalue weighted by atomic mass is 16.5. The Morgan fingerprint density at radius 3 is 2.59 bits per heavy atom. The molecule has 2 rings (SSSR count). The maximum atomic E-state index is 11.9. The summed E-state index contributed by atoms with van der Waals surface area (Å²) in [6, 6.07) is 13.7. The molecule has 2 aromatic rings. The van der Waals surface area contributed by atoms with Crippen LogP contribution in [0.3, 0.4) is 0 Å². The van der Waals surface area contributed by atoms with Gasteiger partial charge in [0.2, 0.25) is 0 Å². The van der Waals surface area contributed by atoms with Crippen LogP contribution in [0.2, 0.25) is 0 Å². The van der Waals surface area contributed by atoms with E-state index in [9.17, 15) is 9.59 Å². The molecule has 0 saturated heterocycles. The molecule has 0 aliphatic carbocycles. The quantitative estimate of drug-likeness (QED) is 0.598. The van der Waals surface area contributed by atoms with Crippen molar-refractivity contribution in [2.24, 2.45) is 0 Å². The number of para-hydroxylation sites is 2. The molecule has 0 spiro atoms. The maximum Gasteiger partial charge on any atom is 0.331 e. The molecule has 27 heavy (non-hydrogen) atoms. The van der Waals surface area contributed by atoms with Gasteiger partial charge in [-0.05, 0) is 24.3 Å². The van der Waals surface area contributed by atoms with Gasteiger partial charge in [-0.15, -0.1) is 0 Å². The van der Waals surface area contributed by atoms with Crippen LogP contribution in [0.1, 0.15) is 11.1 Å². The standard InChI is InChI=1S/C20H18N2O5/c1-25-17-9-5-7-14(20(17)26-2)10-11-19(24)27-13-18(23)22-16-8-4-3-6-15(16)12-21/h3-11H,13H2,1-2H3,(H,22,23)/b11-10+. The number of hydrogen-bond donors (Lipinski definition) is 1. The molecule has 0 radical (unpaired) electrons. The largest absolute Gasteiger partial charge is 0.493 e. The zero-order chi connectivity index (χ0) is 19.6. The minimum absolute atomic E-state index is 0.321. The van der Waals surface area contributed by atoms with Crippen molar-refractivity contribution in [2.75, 3.05) is 26.1 Å². The highest BCUT2D eigenvalue weighted by Crippen LogP contribution is 2.31. The Morgan fingerprint density at radius 1 is 1.11 bits per heavy atom. The first-order valence-electron chi connectivity index (χ1n) is 7.94. The van der Waals surface area contributed by atoms with E-state index in [1.807, 2.05) is 6.07 Å². The van der Waals surface area contributed by atoms with Crippen molar-refractivity contribution in [1.82, 2.24) is 0 Å². The summed E-state index contributed by atoms with van der Waals surface area (Å²) in [5.41, 5.74) is 1.31. The number of benzene rings is 2. The van der Waals surface area contributed by atoms with E-state index in [1.165, 1.54) is 26.4 Å². The zero-order valence-electron chi connectivity index (χ0n) is 14.9. The average Bonchev–Trinajstić information content (AvgIpc) is 2.70. The van der Waals surface area contributed by atoms with E-state index in [2.05, 4.69) is 5.32 Å². The summed E-state index contributed by atoms with van der Waals surface area (Å²) in [7, 11) is 3.01. The number of ether oxygens (including phenoxy) is 3. The summed E-state index contributed by atoms with van der Waals surface area (Å²) in [5, 5.41) is 11.5. The van der Waals surface area contributed by atoms with Crippen molar-refractivity contribution in [1.29, 1.82) is 5.26 Å². The molecule has 0 saturated carbocycles. The molecule has 1 N–H and O–H groups in total. The van der Waals surface area contributed by atoms with Crippen molar-refractivity contribution in [3.63, 3.8) is 0 Å². The van der Waals surface area contributed by atoms with Gasteiger partial charge >= 0.3 is 5.97 Å². The number of nitrogens with zero attached hydrogens (tertiary/aromatic N) is 1. The first kappa shape index (κ1) is 19.5. The van der Waals surface area contributed by atoms with E-state index in [-0.39, 0.29) is 0 Å². The van der Waals surface area contributed by atoms with Crippen molar-refractivity contribution in [3.8, 4) is 17.6 Å². The summed E-state index contributed by atoms with van der Waals surface area (Å²) in [6.45, 7) is -0.474. The smallest absolute Gasteiger partial charge is 0.331 e. The minimum Gasteiger partial charge on any atom is -0.493 e. The van der Waals surface area contributed by atoms with E-state index in [1.54, 1.807) is 42.5 Å². The molecule has 7 heteroatoms. The number of esters is 1. The molecule has 1 amide bonds. The summed E-state index contributed by atoms with van der Waals surface area (Å²) in [5.74, 6) is -0.222. The fourth-order valence-corrected chi connectivity index (χ4v) is 2.26. The van der Waals surface area contributed by atoms with Gasteiger partial charge in [0.25, 0.3) is 5.91 Å². The molecule has 0 heterocycles. The third-order valence-electron chi connectivity index (χ3n) is 3.50. The van der Waals surface area contributed by atoms with E-state index in [0.717, 1.165) is 0 Å². The topological polar surface area (TPSA) is 97.6 Å². The van der Waals surface area contributed by atoms with E-state index in [4.69, 9.17) is 19.5 Å². The Morgan fingerprint density at radius 2 is 1.89 bits per heavy atom.